The molecule has 1 nitrogen and oxygen atoms in total. The first kappa shape index (κ1) is 12.5. The molecule has 0 saturated heterocycles. The monoisotopic (exact) mass is 294 g/mol. The lowest BCUT2D eigenvalue weighted by Gasteiger charge is -2.08. The van der Waals surface area contributed by atoms with E-state index in [1.54, 1.807) is 21.6 Å². The molecular formula is C10H15BrOS2. The number of halogens is 1. The third-order valence-corrected chi connectivity index (χ3v) is 4.01. The standard InChI is InChI=1S/C10H15BrOS2/c11-6-3-1-2-4-7-12-10-5-8-13-14-9-10/h5,8-9H,1-4,6-7H2. The normalized spacial score (nSPS) is 15.4. The number of ether oxygens (including phenoxy) is 1. The van der Waals surface area contributed by atoms with Crippen LogP contribution in [0.2, 0.25) is 0 Å². The van der Waals surface area contributed by atoms with Crippen LogP contribution in [-0.2, 0) is 4.74 Å². The summed E-state index contributed by atoms with van der Waals surface area (Å²) in [5, 5.41) is 5.24. The van der Waals surface area contributed by atoms with Gasteiger partial charge in [0.05, 0.1) is 6.61 Å². The Morgan fingerprint density at radius 1 is 1.14 bits per heavy atom. The maximum atomic E-state index is 5.59. The van der Waals surface area contributed by atoms with Gasteiger partial charge in [-0.25, -0.2) is 0 Å². The fourth-order valence-electron chi connectivity index (χ4n) is 1.06. The van der Waals surface area contributed by atoms with Gasteiger partial charge in [-0.15, -0.1) is 0 Å². The second-order valence-electron chi connectivity index (χ2n) is 2.97. The number of unbranched alkanes of at least 4 members (excludes halogenated alkanes) is 3. The average molecular weight is 295 g/mol. The molecule has 0 aromatic heterocycles. The largest absolute Gasteiger partial charge is 0.493 e. The zero-order valence-electron chi connectivity index (χ0n) is 8.08. The molecule has 0 bridgehead atoms. The molecule has 0 aromatic rings. The minimum Gasteiger partial charge on any atom is -0.493 e. The Hall–Kier alpha value is 0.460. The Morgan fingerprint density at radius 2 is 2.00 bits per heavy atom. The van der Waals surface area contributed by atoms with Crippen molar-refractivity contribution in [3.05, 3.63) is 22.7 Å². The average Bonchev–Trinajstić information content (AvgIpc) is 2.25. The van der Waals surface area contributed by atoms with Gasteiger partial charge in [0.25, 0.3) is 0 Å². The zero-order chi connectivity index (χ0) is 10.1. The summed E-state index contributed by atoms with van der Waals surface area (Å²) >= 11 is 3.43. The van der Waals surface area contributed by atoms with Gasteiger partial charge >= 0.3 is 0 Å². The summed E-state index contributed by atoms with van der Waals surface area (Å²) < 4.78 is 5.59. The van der Waals surface area contributed by atoms with Gasteiger partial charge in [-0.2, -0.15) is 0 Å². The molecule has 0 N–H and O–H groups in total. The highest BCUT2D eigenvalue weighted by molar-refractivity contribution is 9.09. The highest BCUT2D eigenvalue weighted by Crippen LogP contribution is 2.30. The summed E-state index contributed by atoms with van der Waals surface area (Å²) in [4.78, 5) is 0. The highest BCUT2D eigenvalue weighted by atomic mass is 79.9. The fraction of sp³-hybridized carbons (Fsp3) is 0.600. The van der Waals surface area contributed by atoms with Gasteiger partial charge in [0.15, 0.2) is 0 Å². The smallest absolute Gasteiger partial charge is 0.126 e. The second-order valence-corrected chi connectivity index (χ2v) is 5.81. The molecule has 80 valence electrons. The Labute approximate surface area is 102 Å². The van der Waals surface area contributed by atoms with Crippen LogP contribution in [-0.4, -0.2) is 11.9 Å². The third-order valence-electron chi connectivity index (χ3n) is 1.80. The molecular weight excluding hydrogens is 280 g/mol. The minimum atomic E-state index is 0.851. The second kappa shape index (κ2) is 8.74. The lowest BCUT2D eigenvalue weighted by Crippen LogP contribution is -1.93. The number of hydrogen-bond acceptors (Lipinski definition) is 3. The Morgan fingerprint density at radius 3 is 2.71 bits per heavy atom. The number of allylic oxidation sites excluding steroid dienone is 1. The third kappa shape index (κ3) is 6.04. The molecule has 0 spiro atoms. The van der Waals surface area contributed by atoms with Crippen molar-refractivity contribution < 1.29 is 4.74 Å². The molecule has 0 fully saturated rings. The first-order chi connectivity index (χ1) is 6.93. The van der Waals surface area contributed by atoms with Crippen molar-refractivity contribution in [2.45, 2.75) is 25.7 Å². The maximum Gasteiger partial charge on any atom is 0.126 e. The number of hydrogen-bond donors (Lipinski definition) is 0. The predicted octanol–water partition coefficient (Wildman–Crippen LogP) is 4.71. The SMILES string of the molecule is BrCCCCCCOC1=CSSC=C1. The van der Waals surface area contributed by atoms with Crippen molar-refractivity contribution in [2.24, 2.45) is 0 Å². The van der Waals surface area contributed by atoms with E-state index in [1.807, 2.05) is 6.08 Å². The van der Waals surface area contributed by atoms with Crippen LogP contribution in [0.3, 0.4) is 0 Å². The van der Waals surface area contributed by atoms with E-state index < -0.39 is 0 Å². The van der Waals surface area contributed by atoms with Crippen molar-refractivity contribution in [1.82, 2.24) is 0 Å². The quantitative estimate of drug-likeness (QED) is 0.382. The Balaban J connectivity index is 1.93. The van der Waals surface area contributed by atoms with Gasteiger partial charge in [-0.3, -0.25) is 0 Å². The van der Waals surface area contributed by atoms with E-state index in [0.29, 0.717) is 0 Å². The molecule has 0 unspecified atom stereocenters. The van der Waals surface area contributed by atoms with E-state index in [2.05, 4.69) is 26.7 Å². The lowest BCUT2D eigenvalue weighted by atomic mass is 10.2. The highest BCUT2D eigenvalue weighted by Gasteiger charge is 1.98. The van der Waals surface area contributed by atoms with Gasteiger partial charge in [0.2, 0.25) is 0 Å². The van der Waals surface area contributed by atoms with Crippen molar-refractivity contribution >= 4 is 37.5 Å². The van der Waals surface area contributed by atoms with Crippen molar-refractivity contribution in [3.8, 4) is 0 Å². The molecule has 1 aliphatic heterocycles. The Kier molecular flexibility index (Phi) is 7.82. The van der Waals surface area contributed by atoms with Gasteiger partial charge < -0.3 is 4.74 Å². The van der Waals surface area contributed by atoms with Crippen LogP contribution in [0.1, 0.15) is 25.7 Å². The molecule has 0 aliphatic carbocycles. The summed E-state index contributed by atoms with van der Waals surface area (Å²) in [6, 6.07) is 0. The van der Waals surface area contributed by atoms with Crippen LogP contribution < -0.4 is 0 Å². The molecule has 0 radical (unpaired) electrons. The molecule has 1 rings (SSSR count). The summed E-state index contributed by atoms with van der Waals surface area (Å²) in [7, 11) is 3.44. The van der Waals surface area contributed by atoms with E-state index in [9.17, 15) is 0 Å². The van der Waals surface area contributed by atoms with E-state index in [1.165, 1.54) is 19.3 Å². The molecule has 0 amide bonds. The van der Waals surface area contributed by atoms with Gasteiger partial charge in [-0.05, 0) is 24.3 Å². The molecule has 14 heavy (non-hydrogen) atoms. The van der Waals surface area contributed by atoms with Gasteiger partial charge in [-0.1, -0.05) is 50.4 Å². The van der Waals surface area contributed by atoms with Crippen LogP contribution in [0.5, 0.6) is 0 Å². The van der Waals surface area contributed by atoms with Crippen molar-refractivity contribution in [1.29, 1.82) is 0 Å². The van der Waals surface area contributed by atoms with Crippen LogP contribution in [0.15, 0.2) is 22.7 Å². The van der Waals surface area contributed by atoms with Crippen LogP contribution in [0.4, 0.5) is 0 Å². The van der Waals surface area contributed by atoms with Crippen LogP contribution in [0, 0.1) is 0 Å². The fourth-order valence-corrected chi connectivity index (χ4v) is 2.82. The molecule has 4 heteroatoms. The zero-order valence-corrected chi connectivity index (χ0v) is 11.3. The molecule has 0 aromatic carbocycles. The molecule has 0 atom stereocenters. The van der Waals surface area contributed by atoms with E-state index in [0.717, 1.165) is 24.1 Å². The number of alkyl halides is 1. The summed E-state index contributed by atoms with van der Waals surface area (Å²) in [5.74, 6) is 1.01. The first-order valence-corrected chi connectivity index (χ1v) is 8.21. The lowest BCUT2D eigenvalue weighted by molar-refractivity contribution is 0.218. The molecule has 1 heterocycles. The van der Waals surface area contributed by atoms with E-state index >= 15 is 0 Å². The molecule has 0 saturated carbocycles. The minimum absolute atomic E-state index is 0.851. The molecule has 1 aliphatic rings. The van der Waals surface area contributed by atoms with Gasteiger partial charge in [0, 0.05) is 10.7 Å². The van der Waals surface area contributed by atoms with Crippen molar-refractivity contribution in [3.63, 3.8) is 0 Å². The summed E-state index contributed by atoms with van der Waals surface area (Å²) in [6.45, 7) is 0.851. The van der Waals surface area contributed by atoms with E-state index in [-0.39, 0.29) is 0 Å². The maximum absolute atomic E-state index is 5.59. The van der Waals surface area contributed by atoms with Crippen molar-refractivity contribution in [2.75, 3.05) is 11.9 Å². The summed E-state index contributed by atoms with van der Waals surface area (Å²) in [5.41, 5.74) is 0. The predicted molar refractivity (Wildman–Crippen MR) is 70.6 cm³/mol. The summed E-state index contributed by atoms with van der Waals surface area (Å²) in [6.07, 6.45) is 7.03. The number of rotatable bonds is 7. The van der Waals surface area contributed by atoms with Gasteiger partial charge in [0.1, 0.15) is 5.76 Å². The van der Waals surface area contributed by atoms with Crippen LogP contribution in [0.25, 0.3) is 0 Å². The topological polar surface area (TPSA) is 9.23 Å². The van der Waals surface area contributed by atoms with E-state index in [4.69, 9.17) is 4.74 Å². The van der Waals surface area contributed by atoms with Crippen LogP contribution >= 0.6 is 37.5 Å². The first-order valence-electron chi connectivity index (χ1n) is 4.81. The Bertz CT molecular complexity index is 204.